The van der Waals surface area contributed by atoms with Crippen molar-refractivity contribution in [3.05, 3.63) is 30.3 Å². The third-order valence-corrected chi connectivity index (χ3v) is 6.81. The molecule has 146 valence electrons. The van der Waals surface area contributed by atoms with E-state index in [1.54, 1.807) is 35.2 Å². The molecule has 2 heterocycles. The number of hydrogen-bond acceptors (Lipinski definition) is 5. The number of halogens is 1. The van der Waals surface area contributed by atoms with Crippen LogP contribution in [0.2, 0.25) is 0 Å². The number of amides is 1. The lowest BCUT2D eigenvalue weighted by atomic mass is 10.2. The molecule has 2 aliphatic heterocycles. The van der Waals surface area contributed by atoms with E-state index in [2.05, 4.69) is 10.2 Å². The molecule has 1 N–H and O–H groups in total. The number of likely N-dealkylation sites (N-methyl/N-ethyl adjacent to an activating group) is 1. The number of benzene rings is 1. The summed E-state index contributed by atoms with van der Waals surface area (Å²) < 4.78 is 26.2. The quantitative estimate of drug-likeness (QED) is 0.763. The van der Waals surface area contributed by atoms with Crippen LogP contribution in [0.5, 0.6) is 0 Å². The first-order valence-corrected chi connectivity index (χ1v) is 10.2. The second-order valence-corrected chi connectivity index (χ2v) is 8.69. The highest BCUT2D eigenvalue weighted by molar-refractivity contribution is 7.89. The molecule has 0 bridgehead atoms. The molecule has 0 spiro atoms. The van der Waals surface area contributed by atoms with Gasteiger partial charge < -0.3 is 10.2 Å². The van der Waals surface area contributed by atoms with Gasteiger partial charge in [-0.25, -0.2) is 8.42 Å². The molecular weight excluding hydrogens is 376 g/mol. The summed E-state index contributed by atoms with van der Waals surface area (Å²) in [5.74, 6) is -0.125. The van der Waals surface area contributed by atoms with E-state index in [1.807, 2.05) is 0 Å². The molecule has 0 aromatic heterocycles. The van der Waals surface area contributed by atoms with Gasteiger partial charge in [0.25, 0.3) is 0 Å². The van der Waals surface area contributed by atoms with Gasteiger partial charge in [-0.15, -0.1) is 12.4 Å². The van der Waals surface area contributed by atoms with Crippen LogP contribution in [-0.2, 0) is 14.8 Å². The van der Waals surface area contributed by atoms with Crippen molar-refractivity contribution in [1.82, 2.24) is 19.4 Å². The van der Waals surface area contributed by atoms with Gasteiger partial charge in [-0.2, -0.15) is 4.31 Å². The van der Waals surface area contributed by atoms with Crippen molar-refractivity contribution in [1.29, 1.82) is 0 Å². The average Bonchev–Trinajstić information content (AvgIpc) is 3.13. The summed E-state index contributed by atoms with van der Waals surface area (Å²) in [6, 6.07) is 8.62. The lowest BCUT2D eigenvalue weighted by Gasteiger charge is -2.32. The Bertz CT molecular complexity index is 695. The van der Waals surface area contributed by atoms with E-state index in [0.29, 0.717) is 19.1 Å². The number of nitrogens with zero attached hydrogens (tertiary/aromatic N) is 3. The van der Waals surface area contributed by atoms with Crippen molar-refractivity contribution in [3.63, 3.8) is 0 Å². The smallest absolute Gasteiger partial charge is 0.243 e. The van der Waals surface area contributed by atoms with E-state index in [1.165, 1.54) is 7.05 Å². The second kappa shape index (κ2) is 9.14. The summed E-state index contributed by atoms with van der Waals surface area (Å²) in [5.41, 5.74) is 0. The second-order valence-electron chi connectivity index (χ2n) is 6.64. The van der Waals surface area contributed by atoms with Crippen molar-refractivity contribution >= 4 is 28.3 Å². The van der Waals surface area contributed by atoms with E-state index in [-0.39, 0.29) is 29.8 Å². The SMILES string of the molecule is CN(CC(=O)N1CCC(N2CCNCC2)C1)S(=O)(=O)c1ccccc1.Cl. The zero-order valence-corrected chi connectivity index (χ0v) is 16.6. The van der Waals surface area contributed by atoms with Crippen LogP contribution in [0.15, 0.2) is 35.2 Å². The third kappa shape index (κ3) is 4.75. The molecular formula is C17H27ClN4O3S. The number of piperazine rings is 1. The monoisotopic (exact) mass is 402 g/mol. The first kappa shape index (κ1) is 21.1. The summed E-state index contributed by atoms with van der Waals surface area (Å²) >= 11 is 0. The van der Waals surface area contributed by atoms with E-state index in [0.717, 1.165) is 36.9 Å². The van der Waals surface area contributed by atoms with E-state index in [4.69, 9.17) is 0 Å². The number of likely N-dealkylation sites (tertiary alicyclic amines) is 1. The number of carbonyl (C=O) groups is 1. The summed E-state index contributed by atoms with van der Waals surface area (Å²) in [6.07, 6.45) is 0.959. The van der Waals surface area contributed by atoms with E-state index >= 15 is 0 Å². The third-order valence-electron chi connectivity index (χ3n) is 4.99. The predicted octanol–water partition coefficient (Wildman–Crippen LogP) is 0.235. The topological polar surface area (TPSA) is 73.0 Å². The maximum Gasteiger partial charge on any atom is 0.243 e. The van der Waals surface area contributed by atoms with Gasteiger partial charge in [0.15, 0.2) is 0 Å². The zero-order chi connectivity index (χ0) is 17.9. The van der Waals surface area contributed by atoms with Crippen LogP contribution >= 0.6 is 12.4 Å². The Morgan fingerprint density at radius 1 is 1.19 bits per heavy atom. The van der Waals surface area contributed by atoms with Crippen molar-refractivity contribution in [2.45, 2.75) is 17.4 Å². The normalized spacial score (nSPS) is 21.6. The highest BCUT2D eigenvalue weighted by Crippen LogP contribution is 2.18. The van der Waals surface area contributed by atoms with Gasteiger partial charge in [0.1, 0.15) is 0 Å². The van der Waals surface area contributed by atoms with Crippen LogP contribution in [0.1, 0.15) is 6.42 Å². The minimum Gasteiger partial charge on any atom is -0.340 e. The van der Waals surface area contributed by atoms with Crippen molar-refractivity contribution < 1.29 is 13.2 Å². The van der Waals surface area contributed by atoms with Crippen LogP contribution < -0.4 is 5.32 Å². The standard InChI is InChI=1S/C17H26N4O3S.ClH/c1-19(25(23,24)16-5-3-2-4-6-16)14-17(22)21-10-7-15(13-21)20-11-8-18-9-12-20;/h2-6,15,18H,7-14H2,1H3;1H. The fourth-order valence-electron chi connectivity index (χ4n) is 3.46. The van der Waals surface area contributed by atoms with E-state index in [9.17, 15) is 13.2 Å². The molecule has 3 rings (SSSR count). The minimum atomic E-state index is -3.63. The van der Waals surface area contributed by atoms with E-state index < -0.39 is 10.0 Å². The van der Waals surface area contributed by atoms with Gasteiger partial charge in [0.05, 0.1) is 11.4 Å². The molecule has 1 aromatic carbocycles. The molecule has 9 heteroatoms. The molecule has 0 saturated carbocycles. The van der Waals surface area contributed by atoms with Gasteiger partial charge in [-0.1, -0.05) is 18.2 Å². The minimum absolute atomic E-state index is 0. The molecule has 2 saturated heterocycles. The largest absolute Gasteiger partial charge is 0.340 e. The molecule has 2 aliphatic rings. The van der Waals surface area contributed by atoms with Crippen LogP contribution in [0.3, 0.4) is 0 Å². The first-order valence-electron chi connectivity index (χ1n) is 8.72. The number of nitrogens with one attached hydrogen (secondary N) is 1. The number of sulfonamides is 1. The summed E-state index contributed by atoms with van der Waals surface area (Å²) in [6.45, 7) is 5.27. The first-order chi connectivity index (χ1) is 12.0. The Morgan fingerprint density at radius 2 is 1.85 bits per heavy atom. The van der Waals surface area contributed by atoms with Crippen LogP contribution in [-0.4, -0.2) is 87.3 Å². The Hall–Kier alpha value is -1.19. The predicted molar refractivity (Wildman–Crippen MR) is 103 cm³/mol. The van der Waals surface area contributed by atoms with Gasteiger partial charge in [0, 0.05) is 52.4 Å². The van der Waals surface area contributed by atoms with Crippen LogP contribution in [0, 0.1) is 0 Å². The Labute approximate surface area is 161 Å². The molecule has 2 fully saturated rings. The van der Waals surface area contributed by atoms with Crippen molar-refractivity contribution in [2.24, 2.45) is 0 Å². The van der Waals surface area contributed by atoms with Gasteiger partial charge >= 0.3 is 0 Å². The van der Waals surface area contributed by atoms with Crippen LogP contribution in [0.25, 0.3) is 0 Å². The Morgan fingerprint density at radius 3 is 2.50 bits per heavy atom. The average molecular weight is 403 g/mol. The van der Waals surface area contributed by atoms with Gasteiger partial charge in [0.2, 0.25) is 15.9 Å². The zero-order valence-electron chi connectivity index (χ0n) is 15.0. The molecule has 1 aromatic rings. The number of rotatable bonds is 5. The molecule has 1 atom stereocenters. The Kier molecular flexibility index (Phi) is 7.42. The maximum absolute atomic E-state index is 12.6. The fraction of sp³-hybridized carbons (Fsp3) is 0.588. The number of hydrogen-bond donors (Lipinski definition) is 1. The fourth-order valence-corrected chi connectivity index (χ4v) is 4.60. The van der Waals surface area contributed by atoms with Gasteiger partial charge in [-0.05, 0) is 18.6 Å². The lowest BCUT2D eigenvalue weighted by Crippen LogP contribution is -2.49. The highest BCUT2D eigenvalue weighted by Gasteiger charge is 2.32. The summed E-state index contributed by atoms with van der Waals surface area (Å²) in [4.78, 5) is 17.0. The highest BCUT2D eigenvalue weighted by atomic mass is 35.5. The summed E-state index contributed by atoms with van der Waals surface area (Å²) in [7, 11) is -2.17. The number of carbonyl (C=O) groups excluding carboxylic acids is 1. The maximum atomic E-state index is 12.6. The Balaban J connectivity index is 0.00000243. The van der Waals surface area contributed by atoms with Crippen molar-refractivity contribution in [3.8, 4) is 0 Å². The molecule has 0 aliphatic carbocycles. The summed E-state index contributed by atoms with van der Waals surface area (Å²) in [5, 5.41) is 3.33. The lowest BCUT2D eigenvalue weighted by molar-refractivity contribution is -0.130. The molecule has 26 heavy (non-hydrogen) atoms. The van der Waals surface area contributed by atoms with Crippen molar-refractivity contribution in [2.75, 3.05) is 52.9 Å². The molecule has 1 unspecified atom stereocenters. The molecule has 0 radical (unpaired) electrons. The molecule has 7 nitrogen and oxygen atoms in total. The van der Waals surface area contributed by atoms with Crippen LogP contribution in [0.4, 0.5) is 0 Å². The van der Waals surface area contributed by atoms with Gasteiger partial charge in [-0.3, -0.25) is 9.69 Å². The molecule has 1 amide bonds.